The maximum Gasteiger partial charge on any atom is 0.123 e. The van der Waals surface area contributed by atoms with Gasteiger partial charge in [0.2, 0.25) is 0 Å². The predicted molar refractivity (Wildman–Crippen MR) is 62.0 cm³/mol. The number of rotatable bonds is 4. The number of hydrogen-bond donors (Lipinski definition) is 2. The molecule has 0 radical (unpaired) electrons. The normalized spacial score (nSPS) is 20.3. The quantitative estimate of drug-likeness (QED) is 0.823. The summed E-state index contributed by atoms with van der Waals surface area (Å²) >= 11 is 2.00. The van der Waals surface area contributed by atoms with Crippen molar-refractivity contribution >= 4 is 11.8 Å². The van der Waals surface area contributed by atoms with Crippen LogP contribution in [0.15, 0.2) is 22.8 Å². The van der Waals surface area contributed by atoms with Crippen LogP contribution < -0.4 is 5.32 Å². The Balaban J connectivity index is 1.90. The van der Waals surface area contributed by atoms with E-state index in [2.05, 4.69) is 5.32 Å². The van der Waals surface area contributed by atoms with E-state index in [1.165, 1.54) is 24.3 Å². The third-order valence-electron chi connectivity index (χ3n) is 2.73. The molecule has 2 rings (SSSR count). The van der Waals surface area contributed by atoms with Gasteiger partial charge in [0.1, 0.15) is 5.76 Å². The summed E-state index contributed by atoms with van der Waals surface area (Å²) in [6, 6.07) is 4.24. The van der Waals surface area contributed by atoms with Gasteiger partial charge in [0.15, 0.2) is 0 Å². The molecule has 0 bridgehead atoms. The molecule has 0 saturated carbocycles. The topological polar surface area (TPSA) is 45.4 Å². The lowest BCUT2D eigenvalue weighted by molar-refractivity contribution is 0.212. The molecule has 3 nitrogen and oxygen atoms in total. The van der Waals surface area contributed by atoms with E-state index in [-0.39, 0.29) is 12.6 Å². The van der Waals surface area contributed by atoms with Crippen LogP contribution in [0.4, 0.5) is 0 Å². The smallest absolute Gasteiger partial charge is 0.123 e. The molecule has 2 heterocycles. The molecule has 1 aromatic rings. The molecule has 1 aromatic heterocycles. The average molecular weight is 227 g/mol. The van der Waals surface area contributed by atoms with Crippen LogP contribution in [0.2, 0.25) is 0 Å². The minimum Gasteiger partial charge on any atom is -0.468 e. The summed E-state index contributed by atoms with van der Waals surface area (Å²) in [6.45, 7) is 0.0944. The third-order valence-corrected chi connectivity index (χ3v) is 3.78. The fourth-order valence-electron chi connectivity index (χ4n) is 1.86. The van der Waals surface area contributed by atoms with E-state index in [9.17, 15) is 5.11 Å². The van der Waals surface area contributed by atoms with Crippen molar-refractivity contribution in [2.45, 2.75) is 24.9 Å². The van der Waals surface area contributed by atoms with Gasteiger partial charge in [-0.1, -0.05) is 0 Å². The number of thioether (sulfide) groups is 1. The van der Waals surface area contributed by atoms with Crippen LogP contribution in [-0.2, 0) is 0 Å². The van der Waals surface area contributed by atoms with Gasteiger partial charge in [-0.3, -0.25) is 0 Å². The van der Waals surface area contributed by atoms with E-state index >= 15 is 0 Å². The highest BCUT2D eigenvalue weighted by Crippen LogP contribution is 2.21. The Morgan fingerprint density at radius 2 is 2.33 bits per heavy atom. The largest absolute Gasteiger partial charge is 0.468 e. The molecule has 0 spiro atoms. The summed E-state index contributed by atoms with van der Waals surface area (Å²) in [7, 11) is 0. The minimum atomic E-state index is -0.0481. The third kappa shape index (κ3) is 3.00. The Kier molecular flexibility index (Phi) is 4.11. The molecule has 15 heavy (non-hydrogen) atoms. The molecule has 1 saturated heterocycles. The van der Waals surface area contributed by atoms with Crippen molar-refractivity contribution in [2.24, 2.45) is 0 Å². The first kappa shape index (κ1) is 11.0. The van der Waals surface area contributed by atoms with E-state index in [1.54, 1.807) is 6.26 Å². The fraction of sp³-hybridized carbons (Fsp3) is 0.636. The van der Waals surface area contributed by atoms with Gasteiger partial charge in [-0.05, 0) is 36.5 Å². The van der Waals surface area contributed by atoms with Crippen molar-refractivity contribution in [3.05, 3.63) is 24.2 Å². The average Bonchev–Trinajstić information content (AvgIpc) is 2.81. The van der Waals surface area contributed by atoms with E-state index in [4.69, 9.17) is 4.42 Å². The van der Waals surface area contributed by atoms with Crippen molar-refractivity contribution in [3.63, 3.8) is 0 Å². The summed E-state index contributed by atoms with van der Waals surface area (Å²) in [5, 5.41) is 12.8. The summed E-state index contributed by atoms with van der Waals surface area (Å²) in [6.07, 6.45) is 4.01. The second-order valence-electron chi connectivity index (χ2n) is 3.80. The zero-order valence-corrected chi connectivity index (χ0v) is 9.50. The highest BCUT2D eigenvalue weighted by atomic mass is 32.2. The highest BCUT2D eigenvalue weighted by Gasteiger charge is 2.20. The van der Waals surface area contributed by atoms with Crippen molar-refractivity contribution in [1.29, 1.82) is 0 Å². The summed E-state index contributed by atoms with van der Waals surface area (Å²) in [5.41, 5.74) is 0. The van der Waals surface area contributed by atoms with E-state index in [0.717, 1.165) is 5.76 Å². The van der Waals surface area contributed by atoms with Gasteiger partial charge in [-0.2, -0.15) is 11.8 Å². The van der Waals surface area contributed by atoms with Crippen LogP contribution in [0.25, 0.3) is 0 Å². The minimum absolute atomic E-state index is 0.0481. The Morgan fingerprint density at radius 1 is 1.53 bits per heavy atom. The van der Waals surface area contributed by atoms with Gasteiger partial charge < -0.3 is 14.8 Å². The van der Waals surface area contributed by atoms with Gasteiger partial charge in [-0.15, -0.1) is 0 Å². The van der Waals surface area contributed by atoms with Crippen LogP contribution in [0, 0.1) is 0 Å². The molecular weight excluding hydrogens is 210 g/mol. The molecule has 0 aliphatic carbocycles. The van der Waals surface area contributed by atoms with E-state index in [0.29, 0.717) is 6.04 Å². The number of hydrogen-bond acceptors (Lipinski definition) is 4. The van der Waals surface area contributed by atoms with Crippen molar-refractivity contribution in [1.82, 2.24) is 5.32 Å². The maximum atomic E-state index is 9.30. The first-order valence-electron chi connectivity index (χ1n) is 5.38. The van der Waals surface area contributed by atoms with Gasteiger partial charge in [0.05, 0.1) is 18.9 Å². The fourth-order valence-corrected chi connectivity index (χ4v) is 2.97. The number of aliphatic hydroxyl groups excluding tert-OH is 1. The molecule has 1 aliphatic rings. The van der Waals surface area contributed by atoms with Gasteiger partial charge in [0.25, 0.3) is 0 Å². The summed E-state index contributed by atoms with van der Waals surface area (Å²) in [4.78, 5) is 0. The molecule has 2 N–H and O–H groups in total. The van der Waals surface area contributed by atoms with Crippen LogP contribution in [-0.4, -0.2) is 29.3 Å². The lowest BCUT2D eigenvalue weighted by Gasteiger charge is -2.26. The van der Waals surface area contributed by atoms with Crippen molar-refractivity contribution < 1.29 is 9.52 Å². The number of aliphatic hydroxyl groups is 1. The molecule has 0 amide bonds. The standard InChI is InChI=1S/C11H17NO2S/c13-8-10(11-2-1-5-14-11)12-9-3-6-15-7-4-9/h1-2,5,9-10,12-13H,3-4,6-8H2. The molecule has 4 heteroatoms. The lowest BCUT2D eigenvalue weighted by atomic mass is 10.1. The maximum absolute atomic E-state index is 9.30. The van der Waals surface area contributed by atoms with Crippen LogP contribution in [0.1, 0.15) is 24.6 Å². The lowest BCUT2D eigenvalue weighted by Crippen LogP contribution is -2.37. The molecule has 1 atom stereocenters. The van der Waals surface area contributed by atoms with Crippen molar-refractivity contribution in [3.8, 4) is 0 Å². The van der Waals surface area contributed by atoms with E-state index in [1.807, 2.05) is 23.9 Å². The first-order chi connectivity index (χ1) is 7.40. The molecule has 84 valence electrons. The predicted octanol–water partition coefficient (Wildman–Crippen LogP) is 1.80. The molecule has 0 aromatic carbocycles. The Labute approximate surface area is 94.2 Å². The molecular formula is C11H17NO2S. The Morgan fingerprint density at radius 3 is 2.93 bits per heavy atom. The Bertz CT molecular complexity index is 270. The number of nitrogens with one attached hydrogen (secondary N) is 1. The van der Waals surface area contributed by atoms with Gasteiger partial charge >= 0.3 is 0 Å². The second-order valence-corrected chi connectivity index (χ2v) is 5.03. The van der Waals surface area contributed by atoms with E-state index < -0.39 is 0 Å². The SMILES string of the molecule is OCC(NC1CCSCC1)c1ccco1. The Hall–Kier alpha value is -0.450. The summed E-state index contributed by atoms with van der Waals surface area (Å²) in [5.74, 6) is 3.26. The first-order valence-corrected chi connectivity index (χ1v) is 6.53. The zero-order valence-electron chi connectivity index (χ0n) is 8.69. The van der Waals surface area contributed by atoms with Crippen molar-refractivity contribution in [2.75, 3.05) is 18.1 Å². The summed E-state index contributed by atoms with van der Waals surface area (Å²) < 4.78 is 5.30. The van der Waals surface area contributed by atoms with Crippen LogP contribution in [0.5, 0.6) is 0 Å². The van der Waals surface area contributed by atoms with Gasteiger partial charge in [-0.25, -0.2) is 0 Å². The highest BCUT2D eigenvalue weighted by molar-refractivity contribution is 7.99. The monoisotopic (exact) mass is 227 g/mol. The second kappa shape index (κ2) is 5.58. The van der Waals surface area contributed by atoms with Crippen LogP contribution in [0.3, 0.4) is 0 Å². The zero-order chi connectivity index (χ0) is 10.5. The molecule has 1 fully saturated rings. The van der Waals surface area contributed by atoms with Gasteiger partial charge in [0, 0.05) is 6.04 Å². The molecule has 1 unspecified atom stereocenters. The number of furan rings is 1. The van der Waals surface area contributed by atoms with Crippen LogP contribution >= 0.6 is 11.8 Å². The molecule has 1 aliphatic heterocycles.